The third kappa shape index (κ3) is 6.34. The molecule has 0 amide bonds. The summed E-state index contributed by atoms with van der Waals surface area (Å²) in [5.74, 6) is 1.25. The van der Waals surface area contributed by atoms with E-state index in [9.17, 15) is 13.2 Å². The van der Waals surface area contributed by atoms with E-state index in [1.165, 1.54) is 18.2 Å². The molecule has 0 fully saturated rings. The number of hydrogen-bond donors (Lipinski definition) is 0. The van der Waals surface area contributed by atoms with Crippen molar-refractivity contribution >= 4 is 23.2 Å². The van der Waals surface area contributed by atoms with Crippen LogP contribution in [0.2, 0.25) is 0 Å². The van der Waals surface area contributed by atoms with Crippen molar-refractivity contribution in [2.75, 3.05) is 6.61 Å². The average Bonchev–Trinajstić information content (AvgIpc) is 2.70. The van der Waals surface area contributed by atoms with Crippen molar-refractivity contribution in [3.8, 4) is 28.7 Å². The Morgan fingerprint density at radius 3 is 1.87 bits per heavy atom. The number of rotatable bonds is 7. The van der Waals surface area contributed by atoms with Crippen molar-refractivity contribution in [2.45, 2.75) is 6.18 Å². The third-order valence-corrected chi connectivity index (χ3v) is 4.08. The van der Waals surface area contributed by atoms with Gasteiger partial charge in [-0.25, -0.2) is 0 Å². The van der Waals surface area contributed by atoms with Crippen LogP contribution < -0.4 is 14.2 Å². The Morgan fingerprint density at radius 2 is 1.30 bits per heavy atom. The van der Waals surface area contributed by atoms with Crippen LogP contribution in [0, 0.1) is 0 Å². The van der Waals surface area contributed by atoms with Crippen molar-refractivity contribution in [3.63, 3.8) is 0 Å². The van der Waals surface area contributed by atoms with Crippen LogP contribution in [0.5, 0.6) is 28.7 Å². The maximum Gasteiger partial charge on any atom is 0.420 e. The van der Waals surface area contributed by atoms with Crippen LogP contribution in [-0.2, 0) is 6.18 Å². The molecule has 3 rings (SSSR count). The van der Waals surface area contributed by atoms with E-state index >= 15 is 0 Å². The Kier molecular flexibility index (Phi) is 7.13. The topological polar surface area (TPSA) is 27.7 Å². The first-order chi connectivity index (χ1) is 14.3. The summed E-state index contributed by atoms with van der Waals surface area (Å²) in [5, 5.41) is 0. The van der Waals surface area contributed by atoms with Gasteiger partial charge in [0.25, 0.3) is 0 Å². The molecule has 0 atom stereocenters. The summed E-state index contributed by atoms with van der Waals surface area (Å²) >= 11 is 10.9. The highest BCUT2D eigenvalue weighted by atomic mass is 35.5. The van der Waals surface area contributed by atoms with Crippen molar-refractivity contribution in [3.05, 3.63) is 88.9 Å². The van der Waals surface area contributed by atoms with Gasteiger partial charge in [-0.05, 0) is 60.7 Å². The number of halogens is 5. The van der Waals surface area contributed by atoms with Gasteiger partial charge in [-0.15, -0.1) is 0 Å². The van der Waals surface area contributed by atoms with E-state index in [4.69, 9.17) is 37.4 Å². The van der Waals surface area contributed by atoms with Crippen LogP contribution in [-0.4, -0.2) is 6.61 Å². The maximum absolute atomic E-state index is 13.4. The molecule has 0 spiro atoms. The van der Waals surface area contributed by atoms with E-state index in [0.29, 0.717) is 17.2 Å². The van der Waals surface area contributed by atoms with Gasteiger partial charge in [-0.3, -0.25) is 0 Å². The zero-order chi connectivity index (χ0) is 21.6. The maximum atomic E-state index is 13.4. The zero-order valence-electron chi connectivity index (χ0n) is 15.3. The first kappa shape index (κ1) is 21.9. The fourth-order valence-corrected chi connectivity index (χ4v) is 2.58. The van der Waals surface area contributed by atoms with E-state index < -0.39 is 11.7 Å². The average molecular weight is 455 g/mol. The minimum absolute atomic E-state index is 0.0114. The van der Waals surface area contributed by atoms with Gasteiger partial charge in [0, 0.05) is 0 Å². The largest absolute Gasteiger partial charge is 0.489 e. The molecule has 0 bridgehead atoms. The molecule has 30 heavy (non-hydrogen) atoms. The standard InChI is InChI=1S/C22H15Cl2F3O3/c23-21(24)12-13-28-20-11-10-18(14-19(20)22(25,26)27)30-17-8-6-16(7-9-17)29-15-4-2-1-3-5-15/h1-12,14H,13H2. The monoisotopic (exact) mass is 454 g/mol. The molecule has 8 heteroatoms. The Hall–Kier alpha value is -2.83. The predicted molar refractivity (Wildman–Crippen MR) is 110 cm³/mol. The van der Waals surface area contributed by atoms with E-state index in [0.717, 1.165) is 6.07 Å². The minimum Gasteiger partial charge on any atom is -0.489 e. The molecule has 0 aliphatic rings. The molecule has 0 aliphatic carbocycles. The van der Waals surface area contributed by atoms with Gasteiger partial charge < -0.3 is 14.2 Å². The molecule has 0 saturated carbocycles. The van der Waals surface area contributed by atoms with Crippen molar-refractivity contribution < 1.29 is 27.4 Å². The molecule has 0 radical (unpaired) electrons. The second-order valence-corrected chi connectivity index (χ2v) is 6.96. The van der Waals surface area contributed by atoms with Crippen molar-refractivity contribution in [1.29, 1.82) is 0 Å². The van der Waals surface area contributed by atoms with Gasteiger partial charge in [0.15, 0.2) is 0 Å². The van der Waals surface area contributed by atoms with Gasteiger partial charge in [-0.2, -0.15) is 13.2 Å². The summed E-state index contributed by atoms with van der Waals surface area (Å²) in [5.41, 5.74) is -0.969. The van der Waals surface area contributed by atoms with Crippen LogP contribution in [0.3, 0.4) is 0 Å². The lowest BCUT2D eigenvalue weighted by molar-refractivity contribution is -0.138. The molecule has 0 N–H and O–H groups in total. The normalized spacial score (nSPS) is 11.0. The third-order valence-electron chi connectivity index (χ3n) is 3.77. The molecule has 0 unspecified atom stereocenters. The number of hydrogen-bond acceptors (Lipinski definition) is 3. The highest BCUT2D eigenvalue weighted by Crippen LogP contribution is 2.39. The summed E-state index contributed by atoms with van der Waals surface area (Å²) in [6.45, 7) is -0.200. The molecular formula is C22H15Cl2F3O3. The Morgan fingerprint density at radius 1 is 0.767 bits per heavy atom. The summed E-state index contributed by atoms with van der Waals surface area (Å²) in [7, 11) is 0. The van der Waals surface area contributed by atoms with Crippen molar-refractivity contribution in [1.82, 2.24) is 0 Å². The number of ether oxygens (including phenoxy) is 3. The quantitative estimate of drug-likeness (QED) is 0.362. The molecule has 0 aromatic heterocycles. The molecule has 0 heterocycles. The lowest BCUT2D eigenvalue weighted by Crippen LogP contribution is -2.09. The molecule has 0 saturated heterocycles. The molecular weight excluding hydrogens is 440 g/mol. The van der Waals surface area contributed by atoms with E-state index in [1.54, 1.807) is 24.3 Å². The van der Waals surface area contributed by atoms with Crippen LogP contribution in [0.4, 0.5) is 13.2 Å². The first-order valence-electron chi connectivity index (χ1n) is 8.67. The molecule has 3 aromatic carbocycles. The highest BCUT2D eigenvalue weighted by Gasteiger charge is 2.35. The SMILES string of the molecule is FC(F)(F)c1cc(Oc2ccc(Oc3ccccc3)cc2)ccc1OCC=C(Cl)Cl. The fourth-order valence-electron chi connectivity index (χ4n) is 2.45. The van der Waals surface area contributed by atoms with Gasteiger partial charge in [-0.1, -0.05) is 41.4 Å². The minimum atomic E-state index is -4.63. The summed E-state index contributed by atoms with van der Waals surface area (Å²) in [4.78, 5) is 0. The van der Waals surface area contributed by atoms with Gasteiger partial charge >= 0.3 is 6.18 Å². The predicted octanol–water partition coefficient (Wildman–Crippen LogP) is 7.99. The second kappa shape index (κ2) is 9.78. The molecule has 156 valence electrons. The Bertz CT molecular complexity index is 1000. The van der Waals surface area contributed by atoms with Crippen LogP contribution in [0.25, 0.3) is 0 Å². The van der Waals surface area contributed by atoms with Crippen LogP contribution >= 0.6 is 23.2 Å². The van der Waals surface area contributed by atoms with Gasteiger partial charge in [0.1, 0.15) is 45.4 Å². The summed E-state index contributed by atoms with van der Waals surface area (Å²) in [6, 6.07) is 19.1. The summed E-state index contributed by atoms with van der Waals surface area (Å²) in [6.07, 6.45) is -3.39. The fraction of sp³-hybridized carbons (Fsp3) is 0.0909. The van der Waals surface area contributed by atoms with Crippen LogP contribution in [0.15, 0.2) is 83.4 Å². The van der Waals surface area contributed by atoms with Crippen LogP contribution in [0.1, 0.15) is 5.56 Å². The number of benzene rings is 3. The highest BCUT2D eigenvalue weighted by molar-refractivity contribution is 6.55. The lowest BCUT2D eigenvalue weighted by Gasteiger charge is -2.15. The van der Waals surface area contributed by atoms with Gasteiger partial charge in [0.2, 0.25) is 0 Å². The lowest BCUT2D eigenvalue weighted by atomic mass is 10.2. The smallest absolute Gasteiger partial charge is 0.420 e. The molecule has 3 aromatic rings. The Labute approximate surface area is 181 Å². The van der Waals surface area contributed by atoms with E-state index in [-0.39, 0.29) is 22.6 Å². The van der Waals surface area contributed by atoms with E-state index in [1.807, 2.05) is 30.3 Å². The number of alkyl halides is 3. The van der Waals surface area contributed by atoms with E-state index in [2.05, 4.69) is 0 Å². The second-order valence-electron chi connectivity index (χ2n) is 5.95. The molecule has 3 nitrogen and oxygen atoms in total. The molecule has 0 aliphatic heterocycles. The Balaban J connectivity index is 1.73. The summed E-state index contributed by atoms with van der Waals surface area (Å²) < 4.78 is 56.4. The zero-order valence-corrected chi connectivity index (χ0v) is 16.8. The van der Waals surface area contributed by atoms with Gasteiger partial charge in [0.05, 0.1) is 0 Å². The first-order valence-corrected chi connectivity index (χ1v) is 9.43. The number of para-hydroxylation sites is 1. The van der Waals surface area contributed by atoms with Crippen molar-refractivity contribution in [2.24, 2.45) is 0 Å².